The molecule has 1 aliphatic heterocycles. The average molecular weight is 362 g/mol. The van der Waals surface area contributed by atoms with E-state index < -0.39 is 0 Å². The molecular formula is C21H19FN4O. The molecule has 2 aliphatic rings. The van der Waals surface area contributed by atoms with Gasteiger partial charge in [-0.3, -0.25) is 14.5 Å². The number of nitrogens with zero attached hydrogens (tertiary/aromatic N) is 4. The highest BCUT2D eigenvalue weighted by molar-refractivity contribution is 5.94. The van der Waals surface area contributed by atoms with Crippen LogP contribution in [0, 0.1) is 11.7 Å². The van der Waals surface area contributed by atoms with Crippen LogP contribution in [-0.2, 0) is 13.5 Å². The van der Waals surface area contributed by atoms with Gasteiger partial charge in [0.25, 0.3) is 5.91 Å². The topological polar surface area (TPSA) is 51.0 Å². The predicted molar refractivity (Wildman–Crippen MR) is 98.7 cm³/mol. The molecular weight excluding hydrogens is 343 g/mol. The van der Waals surface area contributed by atoms with Crippen LogP contribution in [0.4, 0.5) is 4.39 Å². The smallest absolute Gasteiger partial charge is 0.255 e. The monoisotopic (exact) mass is 362 g/mol. The molecule has 0 bridgehead atoms. The van der Waals surface area contributed by atoms with E-state index in [4.69, 9.17) is 0 Å². The van der Waals surface area contributed by atoms with Gasteiger partial charge in [-0.15, -0.1) is 0 Å². The van der Waals surface area contributed by atoms with Gasteiger partial charge in [-0.05, 0) is 36.6 Å². The van der Waals surface area contributed by atoms with Crippen molar-refractivity contribution in [3.05, 3.63) is 71.4 Å². The summed E-state index contributed by atoms with van der Waals surface area (Å²) in [5.41, 5.74) is 4.64. The van der Waals surface area contributed by atoms with E-state index >= 15 is 0 Å². The molecule has 0 unspecified atom stereocenters. The van der Waals surface area contributed by atoms with Gasteiger partial charge < -0.3 is 4.90 Å². The number of fused-ring (bicyclic) bond motifs is 3. The Labute approximate surface area is 156 Å². The Morgan fingerprint density at radius 2 is 2.11 bits per heavy atom. The number of rotatable bonds is 2. The van der Waals surface area contributed by atoms with Crippen LogP contribution in [-0.4, -0.2) is 38.7 Å². The summed E-state index contributed by atoms with van der Waals surface area (Å²) in [5, 5.41) is 4.67. The van der Waals surface area contributed by atoms with Crippen molar-refractivity contribution in [2.45, 2.75) is 12.3 Å². The van der Waals surface area contributed by atoms with Crippen LogP contribution in [0.3, 0.4) is 0 Å². The Hall–Kier alpha value is -3.02. The third-order valence-electron chi connectivity index (χ3n) is 5.77. The number of amides is 1. The highest BCUT2D eigenvalue weighted by Crippen LogP contribution is 2.47. The van der Waals surface area contributed by atoms with Gasteiger partial charge in [0.2, 0.25) is 0 Å². The summed E-state index contributed by atoms with van der Waals surface area (Å²) < 4.78 is 15.7. The van der Waals surface area contributed by atoms with E-state index in [1.54, 1.807) is 30.6 Å². The van der Waals surface area contributed by atoms with E-state index in [2.05, 4.69) is 10.1 Å². The van der Waals surface area contributed by atoms with Crippen molar-refractivity contribution in [3.63, 3.8) is 0 Å². The highest BCUT2D eigenvalue weighted by Gasteiger charge is 2.45. The summed E-state index contributed by atoms with van der Waals surface area (Å²) in [6, 6.07) is 10.2. The lowest BCUT2D eigenvalue weighted by Gasteiger charge is -2.17. The molecule has 1 aromatic carbocycles. The van der Waals surface area contributed by atoms with Gasteiger partial charge in [0, 0.05) is 55.3 Å². The second-order valence-electron chi connectivity index (χ2n) is 7.37. The van der Waals surface area contributed by atoms with Crippen LogP contribution in [0.25, 0.3) is 11.3 Å². The Bertz CT molecular complexity index is 1030. The van der Waals surface area contributed by atoms with Crippen molar-refractivity contribution in [3.8, 4) is 11.3 Å². The number of hydrogen-bond donors (Lipinski definition) is 0. The minimum absolute atomic E-state index is 0.0234. The van der Waals surface area contributed by atoms with Gasteiger partial charge in [0.05, 0.1) is 11.3 Å². The zero-order valence-electron chi connectivity index (χ0n) is 15.0. The first-order valence-electron chi connectivity index (χ1n) is 9.13. The fraction of sp³-hybridized carbons (Fsp3) is 0.286. The third-order valence-corrected chi connectivity index (χ3v) is 5.77. The molecule has 5 rings (SSSR count). The number of pyridine rings is 1. The number of carbonyl (C=O) groups excluding carboxylic acids is 1. The van der Waals surface area contributed by atoms with Crippen LogP contribution in [0.5, 0.6) is 0 Å². The average Bonchev–Trinajstić information content (AvgIpc) is 3.33. The van der Waals surface area contributed by atoms with Crippen molar-refractivity contribution in [1.29, 1.82) is 0 Å². The highest BCUT2D eigenvalue weighted by atomic mass is 19.1. The standard InChI is InChI=1S/C21H19FN4O/c1-25-18-9-15-11-26(21(27)14-5-3-7-23-10-14)12-17(15)19(18)20(24-25)13-4-2-6-16(22)8-13/h2-8,10,15,17H,9,11-12H2,1H3/t15-,17+/m1/s1. The zero-order chi connectivity index (χ0) is 18.5. The molecule has 5 nitrogen and oxygen atoms in total. The minimum atomic E-state index is -0.263. The van der Waals surface area contributed by atoms with Crippen LogP contribution < -0.4 is 0 Å². The van der Waals surface area contributed by atoms with Gasteiger partial charge in [-0.25, -0.2) is 4.39 Å². The molecule has 3 heterocycles. The number of likely N-dealkylation sites (tertiary alicyclic amines) is 1. The maximum atomic E-state index is 13.7. The first-order valence-corrected chi connectivity index (χ1v) is 9.13. The van der Waals surface area contributed by atoms with E-state index in [-0.39, 0.29) is 17.6 Å². The maximum Gasteiger partial charge on any atom is 0.255 e. The normalized spacial score (nSPS) is 20.6. The fourth-order valence-electron chi connectivity index (χ4n) is 4.55. The molecule has 27 heavy (non-hydrogen) atoms. The Morgan fingerprint density at radius 1 is 1.22 bits per heavy atom. The summed E-state index contributed by atoms with van der Waals surface area (Å²) in [5.74, 6) is 0.390. The second kappa shape index (κ2) is 6.01. The third kappa shape index (κ3) is 2.55. The van der Waals surface area contributed by atoms with Crippen LogP contribution in [0.2, 0.25) is 0 Å². The minimum Gasteiger partial charge on any atom is -0.338 e. The Kier molecular flexibility index (Phi) is 3.60. The molecule has 0 saturated carbocycles. The molecule has 1 fully saturated rings. The Morgan fingerprint density at radius 3 is 2.89 bits per heavy atom. The van der Waals surface area contributed by atoms with Crippen molar-refractivity contribution >= 4 is 5.91 Å². The lowest BCUT2D eigenvalue weighted by Crippen LogP contribution is -2.29. The lowest BCUT2D eigenvalue weighted by molar-refractivity contribution is 0.0784. The SMILES string of the molecule is Cn1nc(-c2cccc(F)c2)c2c1C[C@@H]1CN(C(=O)c3cccnc3)C[C@H]21. The van der Waals surface area contributed by atoms with Gasteiger partial charge in [0.15, 0.2) is 0 Å². The molecule has 2 atom stereocenters. The number of hydrogen-bond acceptors (Lipinski definition) is 3. The summed E-state index contributed by atoms with van der Waals surface area (Å²) in [6.07, 6.45) is 4.18. The number of halogens is 1. The number of aromatic nitrogens is 3. The quantitative estimate of drug-likeness (QED) is 0.704. The van der Waals surface area contributed by atoms with Crippen LogP contribution >= 0.6 is 0 Å². The molecule has 1 amide bonds. The maximum absolute atomic E-state index is 13.7. The molecule has 0 N–H and O–H groups in total. The summed E-state index contributed by atoms with van der Waals surface area (Å²) >= 11 is 0. The molecule has 1 aliphatic carbocycles. The predicted octanol–water partition coefficient (Wildman–Crippen LogP) is 3.03. The molecule has 136 valence electrons. The summed E-state index contributed by atoms with van der Waals surface area (Å²) in [7, 11) is 1.95. The van der Waals surface area contributed by atoms with Crippen molar-refractivity contribution in [2.24, 2.45) is 13.0 Å². The second-order valence-corrected chi connectivity index (χ2v) is 7.37. The molecule has 1 saturated heterocycles. The van der Waals surface area contributed by atoms with Gasteiger partial charge in [0.1, 0.15) is 5.82 Å². The molecule has 0 radical (unpaired) electrons. The Balaban J connectivity index is 1.49. The first kappa shape index (κ1) is 16.2. The number of carbonyl (C=O) groups is 1. The molecule has 6 heteroatoms. The van der Waals surface area contributed by atoms with E-state index in [0.717, 1.165) is 24.2 Å². The van der Waals surface area contributed by atoms with Crippen LogP contribution in [0.1, 0.15) is 27.5 Å². The van der Waals surface area contributed by atoms with Crippen molar-refractivity contribution < 1.29 is 9.18 Å². The first-order chi connectivity index (χ1) is 13.1. The summed E-state index contributed by atoms with van der Waals surface area (Å²) in [6.45, 7) is 1.40. The zero-order valence-corrected chi connectivity index (χ0v) is 15.0. The fourth-order valence-corrected chi connectivity index (χ4v) is 4.55. The van der Waals surface area contributed by atoms with Gasteiger partial charge >= 0.3 is 0 Å². The summed E-state index contributed by atoms with van der Waals surface area (Å²) in [4.78, 5) is 18.8. The molecule has 2 aromatic heterocycles. The van der Waals surface area contributed by atoms with Crippen molar-refractivity contribution in [1.82, 2.24) is 19.7 Å². The molecule has 0 spiro atoms. The van der Waals surface area contributed by atoms with E-state index in [1.165, 1.54) is 23.4 Å². The van der Waals surface area contributed by atoms with Gasteiger partial charge in [-0.2, -0.15) is 5.10 Å². The van der Waals surface area contributed by atoms with E-state index in [0.29, 0.717) is 18.0 Å². The lowest BCUT2D eigenvalue weighted by atomic mass is 9.94. The van der Waals surface area contributed by atoms with E-state index in [9.17, 15) is 9.18 Å². The largest absolute Gasteiger partial charge is 0.338 e. The van der Waals surface area contributed by atoms with Crippen molar-refractivity contribution in [2.75, 3.05) is 13.1 Å². The van der Waals surface area contributed by atoms with Crippen LogP contribution in [0.15, 0.2) is 48.8 Å². The molecule has 3 aromatic rings. The number of aryl methyl sites for hydroxylation is 1. The van der Waals surface area contributed by atoms with Gasteiger partial charge in [-0.1, -0.05) is 12.1 Å². The van der Waals surface area contributed by atoms with E-state index in [1.807, 2.05) is 22.7 Å². The number of benzene rings is 1.